The molecule has 0 aromatic heterocycles. The van der Waals surface area contributed by atoms with Crippen LogP contribution in [-0.2, 0) is 0 Å². The number of thioether (sulfide) groups is 2. The topological polar surface area (TPSA) is 18.8 Å². The lowest BCUT2D eigenvalue weighted by atomic mass is 9.83. The lowest BCUT2D eigenvalue weighted by Gasteiger charge is -2.34. The highest BCUT2D eigenvalue weighted by atomic mass is 32.2. The second-order valence-corrected chi connectivity index (χ2v) is 9.28. The number of hydrazone groups is 1. The molecule has 0 aliphatic carbocycles. The molecule has 1 fully saturated rings. The third kappa shape index (κ3) is 3.88. The van der Waals surface area contributed by atoms with Gasteiger partial charge in [0.05, 0.1) is 11.8 Å². The summed E-state index contributed by atoms with van der Waals surface area (Å²) in [4.78, 5) is 5.03. The summed E-state index contributed by atoms with van der Waals surface area (Å²) in [6.45, 7) is 1.99. The molecule has 3 nitrogen and oxygen atoms in total. The average Bonchev–Trinajstić information content (AvgIpc) is 3.04. The molecule has 4 rings (SSSR count). The smallest absolute Gasteiger partial charge is 0.0813 e. The fraction of sp³-hybridized carbons (Fsp3) is 0.348. The SMILES string of the molecule is CSc1ccc(/C=C2/CN(C)C[C@@H]3C2=NN(C)[C@H]3c2ccc(SC)cc2)cc1. The highest BCUT2D eigenvalue weighted by Crippen LogP contribution is 2.40. The molecule has 2 aromatic rings. The number of rotatable bonds is 4. The monoisotopic (exact) mass is 409 g/mol. The Morgan fingerprint density at radius 1 is 0.929 bits per heavy atom. The van der Waals surface area contributed by atoms with Crippen LogP contribution in [0, 0.1) is 5.92 Å². The first-order valence-electron chi connectivity index (χ1n) is 9.58. The minimum atomic E-state index is 0.302. The van der Waals surface area contributed by atoms with Gasteiger partial charge in [-0.25, -0.2) is 0 Å². The van der Waals surface area contributed by atoms with Crippen molar-refractivity contribution in [2.75, 3.05) is 39.7 Å². The molecule has 2 aromatic carbocycles. The first-order chi connectivity index (χ1) is 13.6. The maximum atomic E-state index is 5.00. The Labute approximate surface area is 176 Å². The molecule has 0 radical (unpaired) electrons. The van der Waals surface area contributed by atoms with E-state index in [1.165, 1.54) is 32.2 Å². The molecule has 2 atom stereocenters. The number of nitrogens with zero attached hydrogens (tertiary/aromatic N) is 3. The Morgan fingerprint density at radius 3 is 2.14 bits per heavy atom. The minimum absolute atomic E-state index is 0.302. The standard InChI is InChI=1S/C23H27N3S2/c1-25-14-18(13-16-5-9-19(27-3)10-6-16)22-21(15-25)23(26(2)24-22)17-7-11-20(28-4)12-8-17/h5-13,21,23H,14-15H2,1-4H3/b18-13-/t21-,23+/m1/s1. The molecule has 2 aliphatic rings. The third-order valence-electron chi connectivity index (χ3n) is 5.59. The highest BCUT2D eigenvalue weighted by Gasteiger charge is 2.41. The predicted molar refractivity (Wildman–Crippen MR) is 123 cm³/mol. The summed E-state index contributed by atoms with van der Waals surface area (Å²) >= 11 is 3.57. The second-order valence-electron chi connectivity index (χ2n) is 7.52. The molecule has 1 saturated heterocycles. The van der Waals surface area contributed by atoms with E-state index in [2.05, 4.69) is 91.1 Å². The van der Waals surface area contributed by atoms with E-state index in [4.69, 9.17) is 5.10 Å². The largest absolute Gasteiger partial charge is 0.301 e. The number of piperidine rings is 1. The van der Waals surface area contributed by atoms with Crippen LogP contribution in [0.5, 0.6) is 0 Å². The summed E-state index contributed by atoms with van der Waals surface area (Å²) < 4.78 is 0. The average molecular weight is 410 g/mol. The van der Waals surface area contributed by atoms with Crippen molar-refractivity contribution >= 4 is 35.3 Å². The van der Waals surface area contributed by atoms with Gasteiger partial charge in [0.2, 0.25) is 0 Å². The Morgan fingerprint density at radius 2 is 1.54 bits per heavy atom. The van der Waals surface area contributed by atoms with Crippen molar-refractivity contribution < 1.29 is 0 Å². The number of likely N-dealkylation sites (tertiary alicyclic amines) is 1. The summed E-state index contributed by atoms with van der Waals surface area (Å²) in [7, 11) is 4.33. The van der Waals surface area contributed by atoms with Crippen LogP contribution in [0.1, 0.15) is 17.2 Å². The van der Waals surface area contributed by atoms with E-state index in [0.29, 0.717) is 12.0 Å². The van der Waals surface area contributed by atoms with Gasteiger partial charge in [0.15, 0.2) is 0 Å². The van der Waals surface area contributed by atoms with Gasteiger partial charge in [-0.05, 0) is 66.6 Å². The Hall–Kier alpha value is -1.69. The van der Waals surface area contributed by atoms with Gasteiger partial charge in [-0.15, -0.1) is 23.5 Å². The molecule has 0 amide bonds. The Kier molecular flexibility index (Phi) is 5.85. The number of benzene rings is 2. The summed E-state index contributed by atoms with van der Waals surface area (Å²) in [5.41, 5.74) is 5.20. The number of hydrogen-bond acceptors (Lipinski definition) is 5. The van der Waals surface area contributed by atoms with Crippen LogP contribution >= 0.6 is 23.5 Å². The van der Waals surface area contributed by atoms with Crippen molar-refractivity contribution in [1.82, 2.24) is 9.91 Å². The van der Waals surface area contributed by atoms with Gasteiger partial charge in [0, 0.05) is 35.8 Å². The van der Waals surface area contributed by atoms with Gasteiger partial charge >= 0.3 is 0 Å². The maximum absolute atomic E-state index is 5.00. The number of fused-ring (bicyclic) bond motifs is 1. The van der Waals surface area contributed by atoms with E-state index in [9.17, 15) is 0 Å². The first kappa shape index (κ1) is 19.6. The molecular weight excluding hydrogens is 382 g/mol. The van der Waals surface area contributed by atoms with Crippen LogP contribution in [0.2, 0.25) is 0 Å². The van der Waals surface area contributed by atoms with Gasteiger partial charge in [0.1, 0.15) is 0 Å². The second kappa shape index (κ2) is 8.36. The highest BCUT2D eigenvalue weighted by molar-refractivity contribution is 7.98. The van der Waals surface area contributed by atoms with E-state index in [-0.39, 0.29) is 0 Å². The van der Waals surface area contributed by atoms with Crippen LogP contribution in [-0.4, -0.2) is 55.3 Å². The molecule has 28 heavy (non-hydrogen) atoms. The van der Waals surface area contributed by atoms with Gasteiger partial charge in [-0.2, -0.15) is 5.10 Å². The number of likely N-dealkylation sites (N-methyl/N-ethyl adjacent to an activating group) is 1. The molecule has 2 aliphatic heterocycles. The zero-order valence-corrected chi connectivity index (χ0v) is 18.6. The lowest BCUT2D eigenvalue weighted by Crippen LogP contribution is -2.41. The van der Waals surface area contributed by atoms with Crippen molar-refractivity contribution in [3.63, 3.8) is 0 Å². The van der Waals surface area contributed by atoms with Crippen LogP contribution in [0.4, 0.5) is 0 Å². The van der Waals surface area contributed by atoms with Gasteiger partial charge in [-0.1, -0.05) is 24.3 Å². The molecule has 0 unspecified atom stereocenters. The van der Waals surface area contributed by atoms with Gasteiger partial charge in [-0.3, -0.25) is 5.01 Å². The fourth-order valence-electron chi connectivity index (χ4n) is 4.25. The van der Waals surface area contributed by atoms with Crippen LogP contribution in [0.15, 0.2) is 69.0 Å². The fourth-order valence-corrected chi connectivity index (χ4v) is 5.06. The van der Waals surface area contributed by atoms with E-state index in [1.54, 1.807) is 23.5 Å². The Balaban J connectivity index is 1.64. The van der Waals surface area contributed by atoms with Crippen molar-refractivity contribution in [1.29, 1.82) is 0 Å². The van der Waals surface area contributed by atoms with Crippen molar-refractivity contribution in [3.8, 4) is 0 Å². The zero-order valence-electron chi connectivity index (χ0n) is 16.9. The molecule has 146 valence electrons. The van der Waals surface area contributed by atoms with Crippen molar-refractivity contribution in [2.24, 2.45) is 11.0 Å². The summed E-state index contributed by atoms with van der Waals surface area (Å²) in [6.07, 6.45) is 6.55. The molecule has 0 N–H and O–H groups in total. The molecule has 0 bridgehead atoms. The van der Waals surface area contributed by atoms with Crippen LogP contribution < -0.4 is 0 Å². The Bertz CT molecular complexity index is 887. The molecule has 5 heteroatoms. The summed E-state index contributed by atoms with van der Waals surface area (Å²) in [5, 5.41) is 7.17. The van der Waals surface area contributed by atoms with E-state index in [1.807, 2.05) is 0 Å². The predicted octanol–water partition coefficient (Wildman–Crippen LogP) is 5.12. The van der Waals surface area contributed by atoms with E-state index >= 15 is 0 Å². The quantitative estimate of drug-likeness (QED) is 0.653. The molecule has 2 heterocycles. The first-order valence-corrected chi connectivity index (χ1v) is 12.0. The normalized spacial score (nSPS) is 23.8. The summed E-state index contributed by atoms with van der Waals surface area (Å²) in [5.74, 6) is 0.403. The van der Waals surface area contributed by atoms with Crippen molar-refractivity contribution in [2.45, 2.75) is 15.8 Å². The van der Waals surface area contributed by atoms with Crippen molar-refractivity contribution in [3.05, 3.63) is 65.2 Å². The molecule has 0 saturated carbocycles. The van der Waals surface area contributed by atoms with Gasteiger partial charge < -0.3 is 4.90 Å². The summed E-state index contributed by atoms with van der Waals surface area (Å²) in [6, 6.07) is 18.1. The van der Waals surface area contributed by atoms with E-state index in [0.717, 1.165) is 13.1 Å². The molecule has 0 spiro atoms. The third-order valence-corrected chi connectivity index (χ3v) is 7.08. The molecular formula is C23H27N3S2. The number of hydrogen-bond donors (Lipinski definition) is 0. The lowest BCUT2D eigenvalue weighted by molar-refractivity contribution is 0.211. The maximum Gasteiger partial charge on any atom is 0.0813 e. The van der Waals surface area contributed by atoms with Crippen LogP contribution in [0.3, 0.4) is 0 Å². The van der Waals surface area contributed by atoms with E-state index < -0.39 is 0 Å². The minimum Gasteiger partial charge on any atom is -0.301 e. The van der Waals surface area contributed by atoms with Crippen LogP contribution in [0.25, 0.3) is 6.08 Å². The zero-order chi connectivity index (χ0) is 19.7. The van der Waals surface area contributed by atoms with Gasteiger partial charge in [0.25, 0.3) is 0 Å².